The summed E-state index contributed by atoms with van der Waals surface area (Å²) < 4.78 is 4.91. The average Bonchev–Trinajstić information content (AvgIpc) is 2.56. The van der Waals surface area contributed by atoms with Crippen LogP contribution in [0, 0.1) is 0 Å². The fourth-order valence-corrected chi connectivity index (χ4v) is 1.96. The van der Waals surface area contributed by atoms with Gasteiger partial charge in [-0.15, -0.1) is 0 Å². The molecule has 0 atom stereocenters. The Hall–Kier alpha value is -2.89. The molecule has 0 unspecified atom stereocenters. The Morgan fingerprint density at radius 3 is 2.39 bits per heavy atom. The number of nitrogens with zero attached hydrogens (tertiary/aromatic N) is 2. The van der Waals surface area contributed by atoms with Gasteiger partial charge in [0.1, 0.15) is 0 Å². The van der Waals surface area contributed by atoms with E-state index in [1.54, 1.807) is 55.5 Å². The van der Waals surface area contributed by atoms with Crippen molar-refractivity contribution in [3.8, 4) is 0 Å². The van der Waals surface area contributed by atoms with Gasteiger partial charge in [-0.25, -0.2) is 9.59 Å². The molecule has 0 bridgehead atoms. The number of urea groups is 1. The summed E-state index contributed by atoms with van der Waals surface area (Å²) in [6, 6.07) is 10.1. The largest absolute Gasteiger partial charge is 0.462 e. The third kappa shape index (κ3) is 4.81. The van der Waals surface area contributed by atoms with E-state index in [2.05, 4.69) is 10.3 Å². The maximum absolute atomic E-state index is 12.1. The molecule has 6 nitrogen and oxygen atoms in total. The second kappa shape index (κ2) is 7.93. The first-order valence-electron chi connectivity index (χ1n) is 7.28. The Balaban J connectivity index is 1.93. The highest BCUT2D eigenvalue weighted by Crippen LogP contribution is 2.12. The van der Waals surface area contributed by atoms with E-state index < -0.39 is 0 Å². The van der Waals surface area contributed by atoms with Gasteiger partial charge in [-0.05, 0) is 48.9 Å². The minimum Gasteiger partial charge on any atom is -0.462 e. The Kier molecular flexibility index (Phi) is 5.68. The lowest BCUT2D eigenvalue weighted by Crippen LogP contribution is -2.30. The molecule has 0 aliphatic carbocycles. The molecule has 0 spiro atoms. The first kappa shape index (κ1) is 16.5. The number of benzene rings is 1. The number of aromatic nitrogens is 1. The van der Waals surface area contributed by atoms with Gasteiger partial charge in [0.15, 0.2) is 0 Å². The number of hydrogen-bond acceptors (Lipinski definition) is 4. The average molecular weight is 313 g/mol. The number of esters is 1. The van der Waals surface area contributed by atoms with E-state index >= 15 is 0 Å². The van der Waals surface area contributed by atoms with Crippen LogP contribution in [0.2, 0.25) is 0 Å². The lowest BCUT2D eigenvalue weighted by molar-refractivity contribution is 0.0526. The van der Waals surface area contributed by atoms with E-state index in [1.807, 2.05) is 12.1 Å². The quantitative estimate of drug-likeness (QED) is 0.862. The topological polar surface area (TPSA) is 71.5 Å². The molecule has 2 amide bonds. The number of hydrogen-bond donors (Lipinski definition) is 1. The minimum absolute atomic E-state index is 0.231. The van der Waals surface area contributed by atoms with Crippen molar-refractivity contribution in [1.29, 1.82) is 0 Å². The summed E-state index contributed by atoms with van der Waals surface area (Å²) in [4.78, 5) is 29.2. The van der Waals surface area contributed by atoms with E-state index in [0.717, 1.165) is 5.56 Å². The molecular formula is C17H19N3O3. The summed E-state index contributed by atoms with van der Waals surface area (Å²) in [7, 11) is 1.71. The molecule has 6 heteroatoms. The molecule has 2 rings (SSSR count). The van der Waals surface area contributed by atoms with Crippen LogP contribution < -0.4 is 5.32 Å². The molecule has 0 aliphatic rings. The summed E-state index contributed by atoms with van der Waals surface area (Å²) in [6.07, 6.45) is 3.38. The lowest BCUT2D eigenvalue weighted by Gasteiger charge is -2.18. The van der Waals surface area contributed by atoms with E-state index in [9.17, 15) is 9.59 Å². The summed E-state index contributed by atoms with van der Waals surface area (Å²) in [5.74, 6) is -0.375. The van der Waals surface area contributed by atoms with Gasteiger partial charge in [-0.1, -0.05) is 0 Å². The Morgan fingerprint density at radius 1 is 1.13 bits per heavy atom. The summed E-state index contributed by atoms with van der Waals surface area (Å²) in [5, 5.41) is 2.78. The molecule has 1 heterocycles. The highest BCUT2D eigenvalue weighted by atomic mass is 16.5. The van der Waals surface area contributed by atoms with Crippen LogP contribution in [0.4, 0.5) is 10.5 Å². The van der Waals surface area contributed by atoms with Gasteiger partial charge in [-0.2, -0.15) is 0 Å². The number of amides is 2. The number of carbonyl (C=O) groups excluding carboxylic acids is 2. The van der Waals surface area contributed by atoms with E-state index in [0.29, 0.717) is 24.4 Å². The van der Waals surface area contributed by atoms with Crippen LogP contribution in [-0.4, -0.2) is 35.5 Å². The zero-order chi connectivity index (χ0) is 16.7. The summed E-state index contributed by atoms with van der Waals surface area (Å²) >= 11 is 0. The predicted molar refractivity (Wildman–Crippen MR) is 87.1 cm³/mol. The van der Waals surface area contributed by atoms with E-state index in [1.165, 1.54) is 0 Å². The second-order valence-electron chi connectivity index (χ2n) is 4.94. The number of ether oxygens (including phenoxy) is 1. The van der Waals surface area contributed by atoms with Gasteiger partial charge in [0, 0.05) is 31.7 Å². The van der Waals surface area contributed by atoms with Crippen LogP contribution in [0.3, 0.4) is 0 Å². The minimum atomic E-state index is -0.375. The Morgan fingerprint density at radius 2 is 1.78 bits per heavy atom. The fourth-order valence-electron chi connectivity index (χ4n) is 1.96. The molecule has 2 aromatic rings. The number of rotatable bonds is 5. The monoisotopic (exact) mass is 313 g/mol. The van der Waals surface area contributed by atoms with Crippen molar-refractivity contribution in [3.63, 3.8) is 0 Å². The van der Waals surface area contributed by atoms with Crippen LogP contribution in [0.5, 0.6) is 0 Å². The molecule has 23 heavy (non-hydrogen) atoms. The van der Waals surface area contributed by atoms with Crippen LogP contribution in [0.1, 0.15) is 22.8 Å². The van der Waals surface area contributed by atoms with Crippen molar-refractivity contribution in [2.75, 3.05) is 19.0 Å². The number of carbonyl (C=O) groups is 2. The zero-order valence-corrected chi connectivity index (χ0v) is 13.2. The van der Waals surface area contributed by atoms with Crippen LogP contribution in [-0.2, 0) is 11.3 Å². The van der Waals surface area contributed by atoms with E-state index in [-0.39, 0.29) is 12.0 Å². The van der Waals surface area contributed by atoms with Gasteiger partial charge in [0.25, 0.3) is 0 Å². The Bertz CT molecular complexity index is 657. The zero-order valence-electron chi connectivity index (χ0n) is 13.2. The summed E-state index contributed by atoms with van der Waals surface area (Å²) in [6.45, 7) is 2.57. The first-order chi connectivity index (χ1) is 11.1. The molecule has 0 radical (unpaired) electrons. The van der Waals surface area contributed by atoms with Gasteiger partial charge < -0.3 is 15.0 Å². The highest BCUT2D eigenvalue weighted by molar-refractivity contribution is 5.92. The second-order valence-corrected chi connectivity index (χ2v) is 4.94. The van der Waals surface area contributed by atoms with Crippen LogP contribution >= 0.6 is 0 Å². The molecule has 1 aromatic heterocycles. The van der Waals surface area contributed by atoms with Crippen LogP contribution in [0.25, 0.3) is 0 Å². The molecule has 1 N–H and O–H groups in total. The molecule has 0 saturated carbocycles. The maximum atomic E-state index is 12.1. The van der Waals surface area contributed by atoms with Crippen molar-refractivity contribution < 1.29 is 14.3 Å². The number of nitrogens with one attached hydrogen (secondary N) is 1. The third-order valence-electron chi connectivity index (χ3n) is 3.16. The molecule has 0 fully saturated rings. The normalized spacial score (nSPS) is 10.0. The molecular weight excluding hydrogens is 294 g/mol. The predicted octanol–water partition coefficient (Wildman–Crippen LogP) is 2.92. The van der Waals surface area contributed by atoms with E-state index in [4.69, 9.17) is 4.74 Å². The number of anilines is 1. The Labute approximate surface area is 135 Å². The third-order valence-corrected chi connectivity index (χ3v) is 3.16. The smallest absolute Gasteiger partial charge is 0.338 e. The SMILES string of the molecule is CCOC(=O)c1ccc(NC(=O)N(C)Cc2ccncc2)cc1. The molecule has 1 aromatic carbocycles. The van der Waals surface area contributed by atoms with Crippen molar-refractivity contribution >= 4 is 17.7 Å². The van der Waals surface area contributed by atoms with Crippen molar-refractivity contribution in [2.24, 2.45) is 0 Å². The lowest BCUT2D eigenvalue weighted by atomic mass is 10.2. The first-order valence-corrected chi connectivity index (χ1v) is 7.28. The molecule has 0 saturated heterocycles. The molecule has 0 aliphatic heterocycles. The summed E-state index contributed by atoms with van der Waals surface area (Å²) in [5.41, 5.74) is 2.06. The van der Waals surface area contributed by atoms with Gasteiger partial charge in [0.05, 0.1) is 12.2 Å². The van der Waals surface area contributed by atoms with Gasteiger partial charge in [-0.3, -0.25) is 4.98 Å². The standard InChI is InChI=1S/C17H19N3O3/c1-3-23-16(21)14-4-6-15(7-5-14)19-17(22)20(2)12-13-8-10-18-11-9-13/h4-11H,3,12H2,1-2H3,(H,19,22). The van der Waals surface area contributed by atoms with Gasteiger partial charge in [0.2, 0.25) is 0 Å². The van der Waals surface area contributed by atoms with Gasteiger partial charge >= 0.3 is 12.0 Å². The fraction of sp³-hybridized carbons (Fsp3) is 0.235. The number of pyridine rings is 1. The molecule has 120 valence electrons. The van der Waals surface area contributed by atoms with Crippen LogP contribution in [0.15, 0.2) is 48.8 Å². The van der Waals surface area contributed by atoms with Crippen molar-refractivity contribution in [2.45, 2.75) is 13.5 Å². The van der Waals surface area contributed by atoms with Crippen molar-refractivity contribution in [1.82, 2.24) is 9.88 Å². The highest BCUT2D eigenvalue weighted by Gasteiger charge is 2.10. The maximum Gasteiger partial charge on any atom is 0.338 e. The van der Waals surface area contributed by atoms with Crippen molar-refractivity contribution in [3.05, 3.63) is 59.9 Å².